The molecule has 0 saturated heterocycles. The van der Waals surface area contributed by atoms with Gasteiger partial charge in [0.2, 0.25) is 0 Å². The highest BCUT2D eigenvalue weighted by Gasteiger charge is 2.14. The van der Waals surface area contributed by atoms with Crippen LogP contribution in [0.1, 0.15) is 0 Å². The first-order valence-corrected chi connectivity index (χ1v) is 6.31. The molecule has 2 aromatic carbocycles. The molecule has 0 fully saturated rings. The highest BCUT2D eigenvalue weighted by Crippen LogP contribution is 2.18. The van der Waals surface area contributed by atoms with Gasteiger partial charge in [-0.25, -0.2) is 9.59 Å². The Labute approximate surface area is 118 Å². The number of benzene rings is 2. The summed E-state index contributed by atoms with van der Waals surface area (Å²) in [4.78, 5) is 26.3. The normalized spacial score (nSPS) is 10.7. The Morgan fingerprint density at radius 3 is 2.10 bits per heavy atom. The third-order valence-corrected chi connectivity index (χ3v) is 3.20. The van der Waals surface area contributed by atoms with Gasteiger partial charge in [-0.1, -0.05) is 41.9 Å². The molecule has 1 aromatic heterocycles. The molecule has 5 nitrogen and oxygen atoms in total. The van der Waals surface area contributed by atoms with E-state index in [4.69, 9.17) is 11.6 Å². The molecule has 0 spiro atoms. The van der Waals surface area contributed by atoms with E-state index >= 15 is 0 Å². The van der Waals surface area contributed by atoms with E-state index in [0.717, 1.165) is 0 Å². The van der Waals surface area contributed by atoms with Crippen LogP contribution in [0.5, 0.6) is 0 Å². The van der Waals surface area contributed by atoms with Gasteiger partial charge < -0.3 is 0 Å². The van der Waals surface area contributed by atoms with Crippen LogP contribution in [0.15, 0.2) is 64.2 Å². The summed E-state index contributed by atoms with van der Waals surface area (Å²) in [6.07, 6.45) is 0. The average molecular weight is 288 g/mol. The summed E-state index contributed by atoms with van der Waals surface area (Å²) in [7, 11) is 0. The van der Waals surface area contributed by atoms with Crippen molar-refractivity contribution in [2.45, 2.75) is 0 Å². The summed E-state index contributed by atoms with van der Waals surface area (Å²) in [5.41, 5.74) is -0.0230. The second-order valence-electron chi connectivity index (χ2n) is 4.15. The van der Waals surface area contributed by atoms with Crippen LogP contribution in [-0.4, -0.2) is 14.3 Å². The molecule has 0 saturated carbocycles. The summed E-state index contributed by atoms with van der Waals surface area (Å²) in [5.74, 6) is 0. The molecule has 0 atom stereocenters. The lowest BCUT2D eigenvalue weighted by Crippen LogP contribution is -2.24. The molecule has 3 aromatic rings. The van der Waals surface area contributed by atoms with E-state index in [1.54, 1.807) is 48.5 Å². The van der Waals surface area contributed by atoms with Crippen molar-refractivity contribution in [2.75, 3.05) is 0 Å². The lowest BCUT2D eigenvalue weighted by Gasteiger charge is -2.10. The summed E-state index contributed by atoms with van der Waals surface area (Å²) in [6, 6.07) is 15.7. The van der Waals surface area contributed by atoms with Crippen LogP contribution >= 0.6 is 11.6 Å². The fourth-order valence-electron chi connectivity index (χ4n) is 2.02. The van der Waals surface area contributed by atoms with Gasteiger partial charge >= 0.3 is 11.4 Å². The van der Waals surface area contributed by atoms with Crippen LogP contribution in [0, 0.1) is 0 Å². The molecule has 6 heteroatoms. The van der Waals surface area contributed by atoms with Crippen LogP contribution < -0.4 is 11.4 Å². The quantitative estimate of drug-likeness (QED) is 0.783. The Balaban J connectivity index is 2.36. The lowest BCUT2D eigenvalue weighted by molar-refractivity contribution is 0.706. The fourth-order valence-corrected chi connectivity index (χ4v) is 2.24. The summed E-state index contributed by atoms with van der Waals surface area (Å²) >= 11 is 6.11. The molecule has 100 valence electrons. The van der Waals surface area contributed by atoms with E-state index < -0.39 is 11.4 Å². The Morgan fingerprint density at radius 1 is 0.800 bits per heavy atom. The number of H-pyrrole nitrogens is 1. The van der Waals surface area contributed by atoms with Gasteiger partial charge in [0.1, 0.15) is 0 Å². The predicted octanol–water partition coefficient (Wildman–Crippen LogP) is 1.97. The molecule has 20 heavy (non-hydrogen) atoms. The highest BCUT2D eigenvalue weighted by molar-refractivity contribution is 6.32. The van der Waals surface area contributed by atoms with Crippen LogP contribution in [0.25, 0.3) is 11.4 Å². The minimum atomic E-state index is -0.535. The molecule has 0 aliphatic heterocycles. The molecular weight excluding hydrogens is 278 g/mol. The van der Waals surface area contributed by atoms with Crippen molar-refractivity contribution in [3.63, 3.8) is 0 Å². The second-order valence-corrected chi connectivity index (χ2v) is 4.55. The first-order valence-electron chi connectivity index (χ1n) is 5.93. The Bertz CT molecular complexity index is 862. The maximum atomic E-state index is 12.0. The largest absolute Gasteiger partial charge is 0.349 e. The summed E-state index contributed by atoms with van der Waals surface area (Å²) < 4.78 is 2.48. The van der Waals surface area contributed by atoms with E-state index in [1.807, 2.05) is 6.07 Å². The standard InChI is InChI=1S/C14H10ClN3O2/c15-11-8-4-5-9-12(11)18-14(20)16-13(19)17(18)10-6-2-1-3-7-10/h1-9H,(H,16,19,20). The third kappa shape index (κ3) is 1.98. The van der Waals surface area contributed by atoms with Crippen LogP contribution in [0.2, 0.25) is 5.02 Å². The number of halogens is 1. The zero-order valence-electron chi connectivity index (χ0n) is 10.3. The predicted molar refractivity (Wildman–Crippen MR) is 77.0 cm³/mol. The van der Waals surface area contributed by atoms with Crippen LogP contribution in [0.3, 0.4) is 0 Å². The van der Waals surface area contributed by atoms with Gasteiger partial charge in [0.25, 0.3) is 0 Å². The van der Waals surface area contributed by atoms with Gasteiger partial charge in [-0.05, 0) is 24.3 Å². The second kappa shape index (κ2) is 4.86. The molecule has 0 aliphatic carbocycles. The molecule has 0 unspecified atom stereocenters. The van der Waals surface area contributed by atoms with Crippen LogP contribution in [0.4, 0.5) is 0 Å². The van der Waals surface area contributed by atoms with Crippen molar-refractivity contribution in [1.29, 1.82) is 0 Å². The topological polar surface area (TPSA) is 59.8 Å². The van der Waals surface area contributed by atoms with Gasteiger partial charge in [0.05, 0.1) is 16.4 Å². The van der Waals surface area contributed by atoms with Crippen molar-refractivity contribution >= 4 is 11.6 Å². The van der Waals surface area contributed by atoms with E-state index in [9.17, 15) is 9.59 Å². The van der Waals surface area contributed by atoms with Gasteiger partial charge in [-0.2, -0.15) is 9.36 Å². The number of rotatable bonds is 2. The maximum Gasteiger partial charge on any atom is 0.349 e. The van der Waals surface area contributed by atoms with Crippen molar-refractivity contribution < 1.29 is 0 Å². The average Bonchev–Trinajstić information content (AvgIpc) is 2.75. The minimum Gasteiger partial charge on any atom is -0.256 e. The van der Waals surface area contributed by atoms with E-state index in [2.05, 4.69) is 4.98 Å². The number of aromatic amines is 1. The summed E-state index contributed by atoms with van der Waals surface area (Å²) in [5, 5.41) is 0.387. The van der Waals surface area contributed by atoms with E-state index in [0.29, 0.717) is 16.4 Å². The number of nitrogens with zero attached hydrogens (tertiary/aromatic N) is 2. The highest BCUT2D eigenvalue weighted by atomic mass is 35.5. The molecular formula is C14H10ClN3O2. The van der Waals surface area contributed by atoms with Gasteiger partial charge in [0, 0.05) is 0 Å². The molecule has 1 N–H and O–H groups in total. The van der Waals surface area contributed by atoms with E-state index in [-0.39, 0.29) is 0 Å². The molecule has 0 amide bonds. The van der Waals surface area contributed by atoms with Crippen molar-refractivity contribution in [3.05, 3.63) is 80.6 Å². The maximum absolute atomic E-state index is 12.0. The number of nitrogens with one attached hydrogen (secondary N) is 1. The monoisotopic (exact) mass is 287 g/mol. The number of aromatic nitrogens is 3. The molecule has 0 aliphatic rings. The van der Waals surface area contributed by atoms with Gasteiger partial charge in [0.15, 0.2) is 0 Å². The zero-order valence-corrected chi connectivity index (χ0v) is 11.0. The minimum absolute atomic E-state index is 0.387. The van der Waals surface area contributed by atoms with Crippen molar-refractivity contribution in [3.8, 4) is 11.4 Å². The number of hydrogen-bond acceptors (Lipinski definition) is 2. The Kier molecular flexibility index (Phi) is 3.04. The fraction of sp³-hybridized carbons (Fsp3) is 0. The molecule has 3 rings (SSSR count). The SMILES string of the molecule is O=c1[nH]c(=O)n(-c2ccccc2Cl)n1-c1ccccc1. The Hall–Kier alpha value is -2.53. The molecule has 0 bridgehead atoms. The summed E-state index contributed by atoms with van der Waals surface area (Å²) in [6.45, 7) is 0. The first-order chi connectivity index (χ1) is 9.68. The number of para-hydroxylation sites is 2. The Morgan fingerprint density at radius 2 is 1.40 bits per heavy atom. The smallest absolute Gasteiger partial charge is 0.256 e. The molecule has 0 radical (unpaired) electrons. The first kappa shape index (κ1) is 12.5. The van der Waals surface area contributed by atoms with Crippen molar-refractivity contribution in [1.82, 2.24) is 14.3 Å². The van der Waals surface area contributed by atoms with Crippen molar-refractivity contribution in [2.24, 2.45) is 0 Å². The molecule has 1 heterocycles. The zero-order chi connectivity index (χ0) is 14.1. The lowest BCUT2D eigenvalue weighted by atomic mass is 10.3. The van der Waals surface area contributed by atoms with Gasteiger partial charge in [-0.15, -0.1) is 0 Å². The van der Waals surface area contributed by atoms with Gasteiger partial charge in [-0.3, -0.25) is 4.98 Å². The third-order valence-electron chi connectivity index (χ3n) is 2.88. The number of hydrogen-bond donors (Lipinski definition) is 1. The van der Waals surface area contributed by atoms with Crippen LogP contribution in [-0.2, 0) is 0 Å². The van der Waals surface area contributed by atoms with E-state index in [1.165, 1.54) is 9.36 Å².